The third-order valence-electron chi connectivity index (χ3n) is 3.49. The molecule has 1 amide bonds. The van der Waals surface area contributed by atoms with Crippen LogP contribution in [0.3, 0.4) is 0 Å². The lowest BCUT2D eigenvalue weighted by Crippen LogP contribution is -2.34. The Balaban J connectivity index is 1.96. The zero-order valence-corrected chi connectivity index (χ0v) is 8.44. The third-order valence-corrected chi connectivity index (χ3v) is 3.49. The largest absolute Gasteiger partial charge is 0.455 e. The van der Waals surface area contributed by atoms with E-state index in [1.807, 2.05) is 4.90 Å². The highest BCUT2D eigenvalue weighted by Gasteiger charge is 2.41. The van der Waals surface area contributed by atoms with E-state index in [4.69, 9.17) is 4.74 Å². The first-order valence-electron chi connectivity index (χ1n) is 5.47. The molecule has 0 aliphatic carbocycles. The van der Waals surface area contributed by atoms with Crippen molar-refractivity contribution in [3.05, 3.63) is 11.6 Å². The standard InChI is InChI=1S/C11H13NO3/c13-10-4-3-8-7-6-11(14)15-9(7)2-1-5-12(8)10/h6,8-9H,1-5H2/t8-,9+/m0/s1. The summed E-state index contributed by atoms with van der Waals surface area (Å²) in [6.45, 7) is 0.814. The van der Waals surface area contributed by atoms with Crippen molar-refractivity contribution in [2.75, 3.05) is 6.54 Å². The summed E-state index contributed by atoms with van der Waals surface area (Å²) in [5.41, 5.74) is 1.03. The molecule has 3 heterocycles. The van der Waals surface area contributed by atoms with Crippen LogP contribution in [0, 0.1) is 0 Å². The maximum Gasteiger partial charge on any atom is 0.331 e. The van der Waals surface area contributed by atoms with Gasteiger partial charge >= 0.3 is 5.97 Å². The van der Waals surface area contributed by atoms with Crippen LogP contribution < -0.4 is 0 Å². The van der Waals surface area contributed by atoms with Crippen molar-refractivity contribution in [1.29, 1.82) is 0 Å². The van der Waals surface area contributed by atoms with Gasteiger partial charge in [-0.3, -0.25) is 4.79 Å². The monoisotopic (exact) mass is 207 g/mol. The van der Waals surface area contributed by atoms with Crippen LogP contribution in [-0.2, 0) is 14.3 Å². The van der Waals surface area contributed by atoms with Crippen molar-refractivity contribution in [2.24, 2.45) is 0 Å². The summed E-state index contributed by atoms with van der Waals surface area (Å²) in [5.74, 6) is -0.0166. The molecule has 0 aromatic carbocycles. The van der Waals surface area contributed by atoms with E-state index in [2.05, 4.69) is 0 Å². The summed E-state index contributed by atoms with van der Waals surface area (Å²) in [5, 5.41) is 0. The highest BCUT2D eigenvalue weighted by atomic mass is 16.5. The fourth-order valence-electron chi connectivity index (χ4n) is 2.82. The van der Waals surface area contributed by atoms with E-state index >= 15 is 0 Å². The van der Waals surface area contributed by atoms with Crippen molar-refractivity contribution in [1.82, 2.24) is 4.90 Å². The van der Waals surface area contributed by atoms with E-state index in [1.54, 1.807) is 6.08 Å². The zero-order valence-electron chi connectivity index (χ0n) is 8.44. The van der Waals surface area contributed by atoms with E-state index in [0.717, 1.165) is 31.4 Å². The molecule has 4 heteroatoms. The molecule has 3 rings (SSSR count). The molecule has 3 aliphatic heterocycles. The van der Waals surface area contributed by atoms with Crippen LogP contribution >= 0.6 is 0 Å². The van der Waals surface area contributed by atoms with Gasteiger partial charge in [0.15, 0.2) is 0 Å². The first-order chi connectivity index (χ1) is 7.25. The van der Waals surface area contributed by atoms with Crippen LogP contribution in [0.1, 0.15) is 25.7 Å². The number of hydrogen-bond donors (Lipinski definition) is 0. The molecule has 2 saturated heterocycles. The van der Waals surface area contributed by atoms with E-state index in [0.29, 0.717) is 6.42 Å². The van der Waals surface area contributed by atoms with Gasteiger partial charge in [0.05, 0.1) is 6.04 Å². The Morgan fingerprint density at radius 3 is 3.07 bits per heavy atom. The Bertz CT molecular complexity index is 361. The lowest BCUT2D eigenvalue weighted by atomic mass is 9.99. The van der Waals surface area contributed by atoms with Gasteiger partial charge in [0, 0.05) is 19.0 Å². The normalized spacial score (nSPS) is 34.4. The Labute approximate surface area is 87.9 Å². The number of hydrogen-bond acceptors (Lipinski definition) is 3. The predicted molar refractivity (Wildman–Crippen MR) is 51.9 cm³/mol. The Kier molecular flexibility index (Phi) is 1.84. The number of nitrogens with zero attached hydrogens (tertiary/aromatic N) is 1. The van der Waals surface area contributed by atoms with Crippen LogP contribution in [0.15, 0.2) is 11.6 Å². The number of carbonyl (C=O) groups is 2. The zero-order chi connectivity index (χ0) is 10.4. The fourth-order valence-corrected chi connectivity index (χ4v) is 2.82. The first kappa shape index (κ1) is 8.95. The minimum Gasteiger partial charge on any atom is -0.455 e. The van der Waals surface area contributed by atoms with Crippen molar-refractivity contribution in [2.45, 2.75) is 37.8 Å². The second-order valence-electron chi connectivity index (χ2n) is 4.35. The molecular formula is C11H13NO3. The lowest BCUT2D eigenvalue weighted by Gasteiger charge is -2.23. The summed E-state index contributed by atoms with van der Waals surface area (Å²) >= 11 is 0. The summed E-state index contributed by atoms with van der Waals surface area (Å²) in [4.78, 5) is 24.7. The van der Waals surface area contributed by atoms with E-state index in [1.165, 1.54) is 0 Å². The van der Waals surface area contributed by atoms with Gasteiger partial charge in [0.25, 0.3) is 0 Å². The predicted octanol–water partition coefficient (Wildman–Crippen LogP) is 0.623. The summed E-state index contributed by atoms with van der Waals surface area (Å²) < 4.78 is 5.22. The van der Waals surface area contributed by atoms with Gasteiger partial charge in [0.2, 0.25) is 5.91 Å². The molecule has 80 valence electrons. The maximum absolute atomic E-state index is 11.6. The number of ether oxygens (including phenoxy) is 1. The fraction of sp³-hybridized carbons (Fsp3) is 0.636. The average molecular weight is 207 g/mol. The maximum atomic E-state index is 11.6. The van der Waals surface area contributed by atoms with Crippen LogP contribution in [-0.4, -0.2) is 35.5 Å². The molecule has 3 aliphatic rings. The Morgan fingerprint density at radius 2 is 2.20 bits per heavy atom. The van der Waals surface area contributed by atoms with Gasteiger partial charge in [-0.2, -0.15) is 0 Å². The van der Waals surface area contributed by atoms with Crippen molar-refractivity contribution in [3.63, 3.8) is 0 Å². The summed E-state index contributed by atoms with van der Waals surface area (Å²) in [6, 6.07) is 0.136. The quantitative estimate of drug-likeness (QED) is 0.547. The molecule has 0 spiro atoms. The molecule has 4 nitrogen and oxygen atoms in total. The highest BCUT2D eigenvalue weighted by Crippen LogP contribution is 2.35. The summed E-state index contributed by atoms with van der Waals surface area (Å²) in [7, 11) is 0. The Morgan fingerprint density at radius 1 is 1.33 bits per heavy atom. The van der Waals surface area contributed by atoms with E-state index in [-0.39, 0.29) is 24.0 Å². The molecule has 2 atom stereocenters. The second kappa shape index (κ2) is 3.08. The van der Waals surface area contributed by atoms with Gasteiger partial charge in [-0.25, -0.2) is 4.79 Å². The third kappa shape index (κ3) is 1.28. The molecular weight excluding hydrogens is 194 g/mol. The van der Waals surface area contributed by atoms with E-state index < -0.39 is 0 Å². The average Bonchev–Trinajstić information content (AvgIpc) is 2.68. The van der Waals surface area contributed by atoms with Crippen molar-refractivity contribution in [3.8, 4) is 0 Å². The minimum absolute atomic E-state index is 0.0570. The van der Waals surface area contributed by atoms with Crippen LogP contribution in [0.5, 0.6) is 0 Å². The topological polar surface area (TPSA) is 46.6 Å². The number of carbonyl (C=O) groups excluding carboxylic acids is 2. The van der Waals surface area contributed by atoms with E-state index in [9.17, 15) is 9.59 Å². The molecule has 0 aromatic rings. The number of amides is 1. The molecule has 0 N–H and O–H groups in total. The molecule has 0 saturated carbocycles. The first-order valence-corrected chi connectivity index (χ1v) is 5.47. The van der Waals surface area contributed by atoms with Crippen LogP contribution in [0.25, 0.3) is 0 Å². The number of rotatable bonds is 0. The summed E-state index contributed by atoms with van der Waals surface area (Å²) in [6.07, 6.45) is 4.78. The van der Waals surface area contributed by atoms with Gasteiger partial charge in [-0.05, 0) is 24.8 Å². The molecule has 0 bridgehead atoms. The minimum atomic E-state index is -0.240. The molecule has 0 aromatic heterocycles. The Hall–Kier alpha value is -1.32. The van der Waals surface area contributed by atoms with Crippen LogP contribution in [0.2, 0.25) is 0 Å². The second-order valence-corrected chi connectivity index (χ2v) is 4.35. The van der Waals surface area contributed by atoms with Gasteiger partial charge < -0.3 is 9.64 Å². The molecule has 0 radical (unpaired) electrons. The number of fused-ring (bicyclic) bond motifs is 3. The lowest BCUT2D eigenvalue weighted by molar-refractivity contribution is -0.139. The van der Waals surface area contributed by atoms with Gasteiger partial charge in [-0.1, -0.05) is 0 Å². The van der Waals surface area contributed by atoms with Crippen molar-refractivity contribution < 1.29 is 14.3 Å². The molecule has 2 fully saturated rings. The smallest absolute Gasteiger partial charge is 0.331 e. The molecule has 15 heavy (non-hydrogen) atoms. The SMILES string of the molecule is O=C1C=C2[C@@H](CCCN3C(=O)CC[C@@H]23)O1. The molecule has 0 unspecified atom stereocenters. The van der Waals surface area contributed by atoms with Gasteiger partial charge in [-0.15, -0.1) is 0 Å². The highest BCUT2D eigenvalue weighted by molar-refractivity contribution is 5.87. The number of esters is 1. The van der Waals surface area contributed by atoms with Crippen LogP contribution in [0.4, 0.5) is 0 Å². The van der Waals surface area contributed by atoms with Gasteiger partial charge in [0.1, 0.15) is 6.10 Å². The van der Waals surface area contributed by atoms with Crippen molar-refractivity contribution >= 4 is 11.9 Å².